The Kier molecular flexibility index (Phi) is 4.59. The molecule has 1 aromatic rings. The molecule has 0 radical (unpaired) electrons. The Balaban J connectivity index is 2.36. The number of carboxylic acids is 1. The topological polar surface area (TPSA) is 46.5 Å². The van der Waals surface area contributed by atoms with E-state index in [-0.39, 0.29) is 12.5 Å². The molecule has 0 fully saturated rings. The normalized spacial score (nSPS) is 12.4. The van der Waals surface area contributed by atoms with E-state index in [1.165, 1.54) is 0 Å². The maximum atomic E-state index is 10.4. The van der Waals surface area contributed by atoms with Crippen LogP contribution < -0.4 is 0 Å². The summed E-state index contributed by atoms with van der Waals surface area (Å²) >= 11 is 5.72. The number of halogens is 1. The Morgan fingerprint density at radius 2 is 2.07 bits per heavy atom. The Hall–Kier alpha value is -1.06. The van der Waals surface area contributed by atoms with Gasteiger partial charge in [-0.3, -0.25) is 4.79 Å². The molecule has 3 nitrogen and oxygen atoms in total. The first-order valence-corrected chi connectivity index (χ1v) is 5.03. The van der Waals surface area contributed by atoms with Gasteiger partial charge in [-0.15, -0.1) is 0 Å². The third kappa shape index (κ3) is 4.81. The number of carbonyl (C=O) groups is 1. The third-order valence-corrected chi connectivity index (χ3v) is 2.16. The van der Waals surface area contributed by atoms with E-state index in [0.717, 1.165) is 5.56 Å². The monoisotopic (exact) mass is 228 g/mol. The Morgan fingerprint density at radius 1 is 1.47 bits per heavy atom. The molecular formula is C11H13ClO3. The molecule has 0 amide bonds. The Morgan fingerprint density at radius 3 is 2.60 bits per heavy atom. The van der Waals surface area contributed by atoms with Crippen LogP contribution in [0.2, 0.25) is 5.02 Å². The first-order chi connectivity index (χ1) is 7.08. The number of ether oxygens (including phenoxy) is 1. The SMILES string of the molecule is C[C@H](CC(=O)O)OCc1ccc(Cl)cc1. The number of rotatable bonds is 5. The summed E-state index contributed by atoms with van der Waals surface area (Å²) in [5.74, 6) is -0.849. The molecular weight excluding hydrogens is 216 g/mol. The molecule has 4 heteroatoms. The van der Waals surface area contributed by atoms with Crippen LogP contribution in [-0.4, -0.2) is 17.2 Å². The van der Waals surface area contributed by atoms with Crippen molar-refractivity contribution >= 4 is 17.6 Å². The summed E-state index contributed by atoms with van der Waals surface area (Å²) in [6, 6.07) is 7.27. The van der Waals surface area contributed by atoms with Crippen LogP contribution in [0.1, 0.15) is 18.9 Å². The molecule has 0 aromatic heterocycles. The second-order valence-corrected chi connectivity index (χ2v) is 3.78. The van der Waals surface area contributed by atoms with Crippen molar-refractivity contribution in [3.8, 4) is 0 Å². The van der Waals surface area contributed by atoms with Crippen molar-refractivity contribution in [3.05, 3.63) is 34.9 Å². The third-order valence-electron chi connectivity index (χ3n) is 1.91. The predicted molar refractivity (Wildman–Crippen MR) is 58.0 cm³/mol. The quantitative estimate of drug-likeness (QED) is 0.843. The van der Waals surface area contributed by atoms with Crippen LogP contribution >= 0.6 is 11.6 Å². The minimum Gasteiger partial charge on any atom is -0.481 e. The second-order valence-electron chi connectivity index (χ2n) is 3.35. The lowest BCUT2D eigenvalue weighted by Gasteiger charge is -2.10. The summed E-state index contributed by atoms with van der Waals surface area (Å²) < 4.78 is 5.35. The van der Waals surface area contributed by atoms with Gasteiger partial charge in [0.1, 0.15) is 0 Å². The fourth-order valence-electron chi connectivity index (χ4n) is 1.12. The van der Waals surface area contributed by atoms with Gasteiger partial charge in [-0.2, -0.15) is 0 Å². The highest BCUT2D eigenvalue weighted by Gasteiger charge is 2.07. The van der Waals surface area contributed by atoms with Crippen LogP contribution in [0.25, 0.3) is 0 Å². The lowest BCUT2D eigenvalue weighted by atomic mass is 10.2. The fraction of sp³-hybridized carbons (Fsp3) is 0.364. The van der Waals surface area contributed by atoms with Gasteiger partial charge in [-0.1, -0.05) is 23.7 Å². The highest BCUT2D eigenvalue weighted by atomic mass is 35.5. The molecule has 0 unspecified atom stereocenters. The summed E-state index contributed by atoms with van der Waals surface area (Å²) in [5.41, 5.74) is 0.983. The molecule has 0 bridgehead atoms. The van der Waals surface area contributed by atoms with E-state index in [2.05, 4.69) is 0 Å². The van der Waals surface area contributed by atoms with Crippen LogP contribution in [0, 0.1) is 0 Å². The highest BCUT2D eigenvalue weighted by Crippen LogP contribution is 2.11. The second kappa shape index (κ2) is 5.73. The number of benzene rings is 1. The molecule has 0 aliphatic carbocycles. The van der Waals surface area contributed by atoms with Crippen molar-refractivity contribution in [2.75, 3.05) is 0 Å². The molecule has 1 rings (SSSR count). The smallest absolute Gasteiger partial charge is 0.305 e. The average Bonchev–Trinajstić information content (AvgIpc) is 2.16. The van der Waals surface area contributed by atoms with Crippen molar-refractivity contribution in [1.29, 1.82) is 0 Å². The summed E-state index contributed by atoms with van der Waals surface area (Å²) in [6.07, 6.45) is -0.258. The Bertz CT molecular complexity index is 321. The summed E-state index contributed by atoms with van der Waals surface area (Å²) in [7, 11) is 0. The molecule has 0 saturated heterocycles. The van der Waals surface area contributed by atoms with E-state index >= 15 is 0 Å². The maximum absolute atomic E-state index is 10.4. The van der Waals surface area contributed by atoms with Gasteiger partial charge in [0.05, 0.1) is 19.1 Å². The van der Waals surface area contributed by atoms with Crippen molar-refractivity contribution in [2.24, 2.45) is 0 Å². The van der Waals surface area contributed by atoms with Gasteiger partial charge in [0.25, 0.3) is 0 Å². The molecule has 0 aliphatic rings. The number of aliphatic carboxylic acids is 1. The van der Waals surface area contributed by atoms with Crippen molar-refractivity contribution < 1.29 is 14.6 Å². The van der Waals surface area contributed by atoms with Crippen LogP contribution in [0.15, 0.2) is 24.3 Å². The lowest BCUT2D eigenvalue weighted by molar-refractivity contribution is -0.140. The molecule has 15 heavy (non-hydrogen) atoms. The van der Waals surface area contributed by atoms with E-state index in [0.29, 0.717) is 11.6 Å². The highest BCUT2D eigenvalue weighted by molar-refractivity contribution is 6.30. The molecule has 0 spiro atoms. The first kappa shape index (κ1) is 12.0. The van der Waals surface area contributed by atoms with Crippen LogP contribution in [0.5, 0.6) is 0 Å². The van der Waals surface area contributed by atoms with Gasteiger partial charge in [-0.25, -0.2) is 0 Å². The van der Waals surface area contributed by atoms with Crippen LogP contribution in [0.4, 0.5) is 0 Å². The van der Waals surface area contributed by atoms with Crippen LogP contribution in [-0.2, 0) is 16.1 Å². The standard InChI is InChI=1S/C11H13ClO3/c1-8(6-11(13)14)15-7-9-2-4-10(12)5-3-9/h2-5,8H,6-7H2,1H3,(H,13,14)/t8-/m1/s1. The number of hydrogen-bond acceptors (Lipinski definition) is 2. The predicted octanol–water partition coefficient (Wildman–Crippen LogP) is 2.72. The zero-order valence-corrected chi connectivity index (χ0v) is 9.20. The van der Waals surface area contributed by atoms with E-state index in [9.17, 15) is 4.79 Å². The molecule has 82 valence electrons. The summed E-state index contributed by atoms with van der Waals surface area (Å²) in [4.78, 5) is 10.4. The van der Waals surface area contributed by atoms with Gasteiger partial charge < -0.3 is 9.84 Å². The number of hydrogen-bond donors (Lipinski definition) is 1. The first-order valence-electron chi connectivity index (χ1n) is 4.66. The molecule has 1 atom stereocenters. The zero-order valence-electron chi connectivity index (χ0n) is 8.44. The zero-order chi connectivity index (χ0) is 11.3. The van der Waals surface area contributed by atoms with Gasteiger partial charge in [0.2, 0.25) is 0 Å². The van der Waals surface area contributed by atoms with Crippen molar-refractivity contribution in [1.82, 2.24) is 0 Å². The van der Waals surface area contributed by atoms with Crippen LogP contribution in [0.3, 0.4) is 0 Å². The Labute approximate surface area is 93.6 Å². The fourth-order valence-corrected chi connectivity index (χ4v) is 1.25. The summed E-state index contributed by atoms with van der Waals surface area (Å²) in [6.45, 7) is 2.15. The van der Waals surface area contributed by atoms with Gasteiger partial charge in [0, 0.05) is 5.02 Å². The van der Waals surface area contributed by atoms with Gasteiger partial charge in [-0.05, 0) is 24.6 Å². The molecule has 1 N–H and O–H groups in total. The van der Waals surface area contributed by atoms with Crippen molar-refractivity contribution in [2.45, 2.75) is 26.1 Å². The lowest BCUT2D eigenvalue weighted by Crippen LogP contribution is -2.13. The largest absolute Gasteiger partial charge is 0.481 e. The van der Waals surface area contributed by atoms with E-state index in [4.69, 9.17) is 21.4 Å². The average molecular weight is 229 g/mol. The van der Waals surface area contributed by atoms with Gasteiger partial charge >= 0.3 is 5.97 Å². The molecule has 0 aliphatic heterocycles. The molecule has 0 heterocycles. The minimum absolute atomic E-state index is 0.0214. The van der Waals surface area contributed by atoms with E-state index in [1.807, 2.05) is 12.1 Å². The molecule has 1 aromatic carbocycles. The van der Waals surface area contributed by atoms with E-state index < -0.39 is 5.97 Å². The van der Waals surface area contributed by atoms with Gasteiger partial charge in [0.15, 0.2) is 0 Å². The van der Waals surface area contributed by atoms with Crippen molar-refractivity contribution in [3.63, 3.8) is 0 Å². The maximum Gasteiger partial charge on any atom is 0.305 e. The van der Waals surface area contributed by atoms with E-state index in [1.54, 1.807) is 19.1 Å². The summed E-state index contributed by atoms with van der Waals surface area (Å²) in [5, 5.41) is 9.20. The number of carboxylic acid groups (broad SMARTS) is 1. The minimum atomic E-state index is -0.849. The molecule has 0 saturated carbocycles.